The van der Waals surface area contributed by atoms with Gasteiger partial charge in [0.15, 0.2) is 5.78 Å². The Balaban J connectivity index is 1.86. The second-order valence-corrected chi connectivity index (χ2v) is 6.44. The van der Waals surface area contributed by atoms with Gasteiger partial charge in [0.2, 0.25) is 11.8 Å². The highest BCUT2D eigenvalue weighted by Crippen LogP contribution is 2.23. The number of anilines is 1. The Kier molecular flexibility index (Phi) is 6.53. The first-order valence-electron chi connectivity index (χ1n) is 8.65. The molecule has 1 fully saturated rings. The van der Waals surface area contributed by atoms with Crippen LogP contribution in [0.4, 0.5) is 5.69 Å². The number of hydrogen-bond acceptors (Lipinski definition) is 3. The molecule has 1 aliphatic carbocycles. The smallest absolute Gasteiger partial charge is 0.226 e. The van der Waals surface area contributed by atoms with E-state index in [4.69, 9.17) is 0 Å². The molecule has 2 rings (SSSR count). The van der Waals surface area contributed by atoms with Crippen molar-refractivity contribution in [2.75, 3.05) is 11.9 Å². The van der Waals surface area contributed by atoms with Crippen LogP contribution in [0.25, 0.3) is 0 Å². The van der Waals surface area contributed by atoms with Crippen molar-refractivity contribution in [2.24, 2.45) is 0 Å². The summed E-state index contributed by atoms with van der Waals surface area (Å²) >= 11 is 0. The van der Waals surface area contributed by atoms with E-state index in [1.54, 1.807) is 31.2 Å². The Bertz CT molecular complexity index is 589. The number of hydrogen-bond donors (Lipinski definition) is 1. The van der Waals surface area contributed by atoms with Crippen LogP contribution in [0.15, 0.2) is 24.3 Å². The molecule has 1 aromatic carbocycles. The standard InChI is InChI=1S/C19H26N2O3/c1-14(22)16-8-10-17(11-9-16)20-19(24)12-13-21(15(2)23)18-6-4-3-5-7-18/h8-11,18H,3-7,12-13H2,1-2H3,(H,20,24). The summed E-state index contributed by atoms with van der Waals surface area (Å²) < 4.78 is 0. The van der Waals surface area contributed by atoms with Crippen LogP contribution in [0, 0.1) is 0 Å². The Labute approximate surface area is 143 Å². The Morgan fingerprint density at radius 1 is 1.04 bits per heavy atom. The van der Waals surface area contributed by atoms with E-state index in [0.717, 1.165) is 25.7 Å². The van der Waals surface area contributed by atoms with Gasteiger partial charge >= 0.3 is 0 Å². The maximum atomic E-state index is 12.1. The first kappa shape index (κ1) is 18.2. The van der Waals surface area contributed by atoms with Gasteiger partial charge in [0.05, 0.1) is 0 Å². The fourth-order valence-electron chi connectivity index (χ4n) is 3.22. The Hall–Kier alpha value is -2.17. The number of ketones is 1. The van der Waals surface area contributed by atoms with Crippen LogP contribution in [-0.4, -0.2) is 35.1 Å². The van der Waals surface area contributed by atoms with Crippen molar-refractivity contribution in [3.05, 3.63) is 29.8 Å². The number of Topliss-reactive ketones (excluding diaryl/α,β-unsaturated/α-hetero) is 1. The highest BCUT2D eigenvalue weighted by Gasteiger charge is 2.23. The minimum absolute atomic E-state index is 0.00235. The molecular weight excluding hydrogens is 304 g/mol. The molecule has 24 heavy (non-hydrogen) atoms. The van der Waals surface area contributed by atoms with Crippen LogP contribution in [0.2, 0.25) is 0 Å². The molecule has 0 bridgehead atoms. The summed E-state index contributed by atoms with van der Waals surface area (Å²) in [4.78, 5) is 37.1. The summed E-state index contributed by atoms with van der Waals surface area (Å²) in [6.07, 6.45) is 5.90. The van der Waals surface area contributed by atoms with Gasteiger partial charge in [-0.3, -0.25) is 14.4 Å². The first-order valence-corrected chi connectivity index (χ1v) is 8.65. The molecular formula is C19H26N2O3. The summed E-state index contributed by atoms with van der Waals surface area (Å²) in [7, 11) is 0. The molecule has 0 aliphatic heterocycles. The van der Waals surface area contributed by atoms with E-state index in [2.05, 4.69) is 5.32 Å². The summed E-state index contributed by atoms with van der Waals surface area (Å²) in [6, 6.07) is 7.11. The van der Waals surface area contributed by atoms with E-state index in [1.165, 1.54) is 13.3 Å². The van der Waals surface area contributed by atoms with Gasteiger partial charge < -0.3 is 10.2 Å². The third-order valence-corrected chi connectivity index (χ3v) is 4.57. The predicted molar refractivity (Wildman–Crippen MR) is 94.0 cm³/mol. The van der Waals surface area contributed by atoms with Crippen molar-refractivity contribution < 1.29 is 14.4 Å². The lowest BCUT2D eigenvalue weighted by atomic mass is 9.94. The van der Waals surface area contributed by atoms with Gasteiger partial charge in [0.1, 0.15) is 0 Å². The molecule has 0 heterocycles. The average molecular weight is 330 g/mol. The van der Waals surface area contributed by atoms with E-state index in [9.17, 15) is 14.4 Å². The first-order chi connectivity index (χ1) is 11.5. The lowest BCUT2D eigenvalue weighted by Gasteiger charge is -2.33. The minimum Gasteiger partial charge on any atom is -0.339 e. The highest BCUT2D eigenvalue weighted by molar-refractivity contribution is 5.95. The summed E-state index contributed by atoms with van der Waals surface area (Å²) in [5.74, 6) is -0.0781. The molecule has 0 saturated heterocycles. The number of rotatable bonds is 6. The summed E-state index contributed by atoms with van der Waals surface area (Å²) in [5.41, 5.74) is 1.28. The van der Waals surface area contributed by atoms with Gasteiger partial charge in [-0.05, 0) is 44.0 Å². The zero-order chi connectivity index (χ0) is 17.5. The van der Waals surface area contributed by atoms with Gasteiger partial charge in [-0.25, -0.2) is 0 Å². The maximum Gasteiger partial charge on any atom is 0.226 e. The van der Waals surface area contributed by atoms with E-state index >= 15 is 0 Å². The Morgan fingerprint density at radius 3 is 2.21 bits per heavy atom. The van der Waals surface area contributed by atoms with Gasteiger partial charge in [0.25, 0.3) is 0 Å². The number of benzene rings is 1. The molecule has 1 N–H and O–H groups in total. The van der Waals surface area contributed by atoms with Crippen molar-refractivity contribution in [3.63, 3.8) is 0 Å². The molecule has 0 unspecified atom stereocenters. The number of amides is 2. The molecule has 0 aromatic heterocycles. The van der Waals surface area contributed by atoms with Crippen LogP contribution < -0.4 is 5.32 Å². The van der Waals surface area contributed by atoms with E-state index < -0.39 is 0 Å². The molecule has 130 valence electrons. The number of carbonyl (C=O) groups is 3. The number of nitrogens with zero attached hydrogens (tertiary/aromatic N) is 1. The van der Waals surface area contributed by atoms with E-state index in [0.29, 0.717) is 17.8 Å². The van der Waals surface area contributed by atoms with Gasteiger partial charge in [-0.2, -0.15) is 0 Å². The van der Waals surface area contributed by atoms with Crippen LogP contribution >= 0.6 is 0 Å². The largest absolute Gasteiger partial charge is 0.339 e. The molecule has 2 amide bonds. The third-order valence-electron chi connectivity index (χ3n) is 4.57. The third kappa shape index (κ3) is 5.18. The van der Waals surface area contributed by atoms with Crippen LogP contribution in [0.1, 0.15) is 62.7 Å². The van der Waals surface area contributed by atoms with Crippen LogP contribution in [0.5, 0.6) is 0 Å². The molecule has 5 heteroatoms. The molecule has 1 aliphatic rings. The highest BCUT2D eigenvalue weighted by atomic mass is 16.2. The van der Waals surface area contributed by atoms with E-state index in [-0.39, 0.29) is 30.1 Å². The zero-order valence-electron chi connectivity index (χ0n) is 14.5. The zero-order valence-corrected chi connectivity index (χ0v) is 14.5. The fourth-order valence-corrected chi connectivity index (χ4v) is 3.22. The monoisotopic (exact) mass is 330 g/mol. The SMILES string of the molecule is CC(=O)c1ccc(NC(=O)CCN(C(C)=O)C2CCCCC2)cc1. The van der Waals surface area contributed by atoms with Gasteiger partial charge in [-0.15, -0.1) is 0 Å². The summed E-state index contributed by atoms with van der Waals surface area (Å²) in [5, 5.41) is 2.82. The second-order valence-electron chi connectivity index (χ2n) is 6.44. The molecule has 1 saturated carbocycles. The molecule has 0 spiro atoms. The van der Waals surface area contributed by atoms with Crippen molar-refractivity contribution in [2.45, 2.75) is 58.4 Å². The molecule has 1 aromatic rings. The predicted octanol–water partition coefficient (Wildman–Crippen LogP) is 3.40. The molecule has 5 nitrogen and oxygen atoms in total. The number of nitrogens with one attached hydrogen (secondary N) is 1. The van der Waals surface area contributed by atoms with Crippen molar-refractivity contribution in [3.8, 4) is 0 Å². The quantitative estimate of drug-likeness (QED) is 0.813. The second kappa shape index (κ2) is 8.62. The average Bonchev–Trinajstić information content (AvgIpc) is 2.56. The van der Waals surface area contributed by atoms with Crippen LogP contribution in [-0.2, 0) is 9.59 Å². The van der Waals surface area contributed by atoms with Crippen molar-refractivity contribution in [1.82, 2.24) is 4.90 Å². The van der Waals surface area contributed by atoms with Crippen LogP contribution in [0.3, 0.4) is 0 Å². The number of carbonyl (C=O) groups excluding carboxylic acids is 3. The van der Waals surface area contributed by atoms with Crippen molar-refractivity contribution >= 4 is 23.3 Å². The minimum atomic E-state index is -0.118. The normalized spacial score (nSPS) is 14.9. The fraction of sp³-hybridized carbons (Fsp3) is 0.526. The topological polar surface area (TPSA) is 66.5 Å². The lowest BCUT2D eigenvalue weighted by Crippen LogP contribution is -2.41. The molecule has 0 radical (unpaired) electrons. The maximum absolute atomic E-state index is 12.1. The van der Waals surface area contributed by atoms with E-state index in [1.807, 2.05) is 4.90 Å². The lowest BCUT2D eigenvalue weighted by molar-refractivity contribution is -0.132. The van der Waals surface area contributed by atoms with Crippen molar-refractivity contribution in [1.29, 1.82) is 0 Å². The van der Waals surface area contributed by atoms with Gasteiger partial charge in [0, 0.05) is 37.2 Å². The molecule has 0 atom stereocenters. The Morgan fingerprint density at radius 2 is 1.67 bits per heavy atom. The van der Waals surface area contributed by atoms with Gasteiger partial charge in [-0.1, -0.05) is 19.3 Å². The summed E-state index contributed by atoms with van der Waals surface area (Å²) in [6.45, 7) is 3.54.